The summed E-state index contributed by atoms with van der Waals surface area (Å²) >= 11 is 3.46. The van der Waals surface area contributed by atoms with Crippen molar-refractivity contribution in [1.29, 1.82) is 0 Å². The lowest BCUT2D eigenvalue weighted by Gasteiger charge is -2.04. The Kier molecular flexibility index (Phi) is 4.38. The van der Waals surface area contributed by atoms with E-state index in [2.05, 4.69) is 71.4 Å². The zero-order valence-electron chi connectivity index (χ0n) is 10.1. The first-order valence-corrected chi connectivity index (χ1v) is 6.94. The number of hydrogen-bond acceptors (Lipinski definition) is 0. The van der Waals surface area contributed by atoms with Crippen LogP contribution in [0.3, 0.4) is 0 Å². The van der Waals surface area contributed by atoms with E-state index in [9.17, 15) is 0 Å². The van der Waals surface area contributed by atoms with Gasteiger partial charge in [-0.1, -0.05) is 65.7 Å². The average molecular weight is 289 g/mol. The molecule has 2 aromatic rings. The minimum absolute atomic E-state index is 1.13. The van der Waals surface area contributed by atoms with Crippen molar-refractivity contribution in [2.24, 2.45) is 0 Å². The van der Waals surface area contributed by atoms with Gasteiger partial charge in [0.15, 0.2) is 0 Å². The van der Waals surface area contributed by atoms with E-state index in [1.807, 2.05) is 0 Å². The largest absolute Gasteiger partial charge is 0.0654 e. The third kappa shape index (κ3) is 3.44. The molecule has 88 valence electrons. The first-order valence-electron chi connectivity index (χ1n) is 6.14. The molecule has 0 amide bonds. The molecular weight excluding hydrogens is 272 g/mol. The molecule has 0 saturated carbocycles. The molecule has 0 aromatic heterocycles. The van der Waals surface area contributed by atoms with Crippen molar-refractivity contribution in [3.63, 3.8) is 0 Å². The van der Waals surface area contributed by atoms with Gasteiger partial charge >= 0.3 is 0 Å². The highest BCUT2D eigenvalue weighted by Crippen LogP contribution is 2.22. The summed E-state index contributed by atoms with van der Waals surface area (Å²) < 4.78 is 1.13. The van der Waals surface area contributed by atoms with E-state index in [1.165, 1.54) is 36.0 Å². The Hall–Kier alpha value is -1.08. The van der Waals surface area contributed by atoms with Crippen LogP contribution in [-0.2, 0) is 6.42 Å². The standard InChI is InChI=1S/C16H17Br/c1-2-3-4-13-5-7-14(8-6-13)15-9-11-16(17)12-10-15/h5-12H,2-4H2,1H3. The Morgan fingerprint density at radius 1 is 0.824 bits per heavy atom. The molecule has 0 fully saturated rings. The quantitative estimate of drug-likeness (QED) is 0.701. The second kappa shape index (κ2) is 6.02. The highest BCUT2D eigenvalue weighted by Gasteiger charge is 1.98. The van der Waals surface area contributed by atoms with Gasteiger partial charge in [-0.15, -0.1) is 0 Å². The van der Waals surface area contributed by atoms with Crippen molar-refractivity contribution in [3.8, 4) is 11.1 Å². The summed E-state index contributed by atoms with van der Waals surface area (Å²) in [6.07, 6.45) is 3.73. The number of hydrogen-bond donors (Lipinski definition) is 0. The van der Waals surface area contributed by atoms with Crippen LogP contribution in [0.1, 0.15) is 25.3 Å². The van der Waals surface area contributed by atoms with E-state index in [1.54, 1.807) is 0 Å². The Labute approximate surface area is 112 Å². The molecule has 0 N–H and O–H groups in total. The van der Waals surface area contributed by atoms with Crippen LogP contribution in [0.25, 0.3) is 11.1 Å². The summed E-state index contributed by atoms with van der Waals surface area (Å²) in [7, 11) is 0. The van der Waals surface area contributed by atoms with E-state index < -0.39 is 0 Å². The van der Waals surface area contributed by atoms with Crippen LogP contribution in [-0.4, -0.2) is 0 Å². The molecule has 2 rings (SSSR count). The normalized spacial score (nSPS) is 10.5. The average Bonchev–Trinajstić information content (AvgIpc) is 2.38. The number of unbranched alkanes of at least 4 members (excludes halogenated alkanes) is 1. The highest BCUT2D eigenvalue weighted by molar-refractivity contribution is 9.10. The molecule has 0 bridgehead atoms. The number of benzene rings is 2. The number of aryl methyl sites for hydroxylation is 1. The predicted octanol–water partition coefficient (Wildman–Crippen LogP) is 5.46. The van der Waals surface area contributed by atoms with Crippen LogP contribution in [0.15, 0.2) is 53.0 Å². The topological polar surface area (TPSA) is 0 Å². The van der Waals surface area contributed by atoms with Gasteiger partial charge in [-0.3, -0.25) is 0 Å². The van der Waals surface area contributed by atoms with Crippen molar-refractivity contribution < 1.29 is 0 Å². The van der Waals surface area contributed by atoms with E-state index in [-0.39, 0.29) is 0 Å². The smallest absolute Gasteiger partial charge is 0.0175 e. The van der Waals surface area contributed by atoms with Crippen LogP contribution < -0.4 is 0 Å². The van der Waals surface area contributed by atoms with Gasteiger partial charge in [0.25, 0.3) is 0 Å². The zero-order valence-corrected chi connectivity index (χ0v) is 11.7. The first kappa shape index (κ1) is 12.4. The third-order valence-corrected chi connectivity index (χ3v) is 3.48. The van der Waals surface area contributed by atoms with Gasteiger partial charge in [-0.05, 0) is 41.7 Å². The second-order valence-electron chi connectivity index (χ2n) is 4.31. The van der Waals surface area contributed by atoms with Gasteiger partial charge in [0, 0.05) is 4.47 Å². The van der Waals surface area contributed by atoms with Gasteiger partial charge < -0.3 is 0 Å². The monoisotopic (exact) mass is 288 g/mol. The van der Waals surface area contributed by atoms with E-state index >= 15 is 0 Å². The molecule has 0 heterocycles. The summed E-state index contributed by atoms with van der Waals surface area (Å²) in [6.45, 7) is 2.23. The summed E-state index contributed by atoms with van der Waals surface area (Å²) in [5, 5.41) is 0. The lowest BCUT2D eigenvalue weighted by atomic mass is 10.0. The van der Waals surface area contributed by atoms with Gasteiger partial charge in [-0.2, -0.15) is 0 Å². The zero-order chi connectivity index (χ0) is 12.1. The van der Waals surface area contributed by atoms with Crippen LogP contribution in [0.5, 0.6) is 0 Å². The summed E-state index contributed by atoms with van der Waals surface area (Å²) in [5.74, 6) is 0. The lowest BCUT2D eigenvalue weighted by Crippen LogP contribution is -1.84. The molecule has 0 nitrogen and oxygen atoms in total. The maximum Gasteiger partial charge on any atom is 0.0175 e. The second-order valence-corrected chi connectivity index (χ2v) is 5.22. The molecule has 2 aromatic carbocycles. The Morgan fingerprint density at radius 3 is 1.88 bits per heavy atom. The summed E-state index contributed by atoms with van der Waals surface area (Å²) in [5.41, 5.74) is 4.00. The molecule has 0 atom stereocenters. The summed E-state index contributed by atoms with van der Waals surface area (Å²) in [6, 6.07) is 17.4. The molecular formula is C16H17Br. The number of halogens is 1. The fourth-order valence-corrected chi connectivity index (χ4v) is 2.15. The fourth-order valence-electron chi connectivity index (χ4n) is 1.89. The lowest BCUT2D eigenvalue weighted by molar-refractivity contribution is 0.795. The minimum Gasteiger partial charge on any atom is -0.0654 e. The van der Waals surface area contributed by atoms with Crippen LogP contribution in [0, 0.1) is 0 Å². The maximum atomic E-state index is 3.46. The molecule has 0 unspecified atom stereocenters. The Morgan fingerprint density at radius 2 is 1.35 bits per heavy atom. The Balaban J connectivity index is 2.14. The van der Waals surface area contributed by atoms with Crippen molar-refractivity contribution in [2.75, 3.05) is 0 Å². The van der Waals surface area contributed by atoms with Gasteiger partial charge in [0.1, 0.15) is 0 Å². The molecule has 0 saturated heterocycles. The highest BCUT2D eigenvalue weighted by atomic mass is 79.9. The first-order chi connectivity index (χ1) is 8.29. The van der Waals surface area contributed by atoms with E-state index in [0.29, 0.717) is 0 Å². The van der Waals surface area contributed by atoms with Crippen LogP contribution in [0.2, 0.25) is 0 Å². The SMILES string of the molecule is CCCCc1ccc(-c2ccc(Br)cc2)cc1. The van der Waals surface area contributed by atoms with E-state index in [0.717, 1.165) is 4.47 Å². The fraction of sp³-hybridized carbons (Fsp3) is 0.250. The van der Waals surface area contributed by atoms with Gasteiger partial charge in [0.2, 0.25) is 0 Å². The molecule has 0 radical (unpaired) electrons. The van der Waals surface area contributed by atoms with Crippen molar-refractivity contribution >= 4 is 15.9 Å². The van der Waals surface area contributed by atoms with Crippen molar-refractivity contribution in [3.05, 3.63) is 58.6 Å². The molecule has 0 aliphatic heterocycles. The van der Waals surface area contributed by atoms with Crippen LogP contribution >= 0.6 is 15.9 Å². The van der Waals surface area contributed by atoms with Crippen molar-refractivity contribution in [2.45, 2.75) is 26.2 Å². The molecule has 0 aliphatic rings. The minimum atomic E-state index is 1.13. The van der Waals surface area contributed by atoms with E-state index in [4.69, 9.17) is 0 Å². The summed E-state index contributed by atoms with van der Waals surface area (Å²) in [4.78, 5) is 0. The maximum absolute atomic E-state index is 3.46. The van der Waals surface area contributed by atoms with Crippen molar-refractivity contribution in [1.82, 2.24) is 0 Å². The molecule has 0 spiro atoms. The molecule has 17 heavy (non-hydrogen) atoms. The Bertz CT molecular complexity index is 454. The van der Waals surface area contributed by atoms with Crippen LogP contribution in [0.4, 0.5) is 0 Å². The van der Waals surface area contributed by atoms with Gasteiger partial charge in [0.05, 0.1) is 0 Å². The molecule has 0 aliphatic carbocycles. The number of rotatable bonds is 4. The predicted molar refractivity (Wildman–Crippen MR) is 78.2 cm³/mol. The third-order valence-electron chi connectivity index (χ3n) is 2.95. The molecule has 1 heteroatoms. The van der Waals surface area contributed by atoms with Gasteiger partial charge in [-0.25, -0.2) is 0 Å².